The van der Waals surface area contributed by atoms with Crippen molar-refractivity contribution in [1.82, 2.24) is 0 Å². The van der Waals surface area contributed by atoms with E-state index in [1.54, 1.807) is 11.1 Å². The molecule has 0 aromatic heterocycles. The van der Waals surface area contributed by atoms with Gasteiger partial charge in [-0.05, 0) is 172 Å². The van der Waals surface area contributed by atoms with Gasteiger partial charge in [0.2, 0.25) is 0 Å². The first kappa shape index (κ1) is 62.8. The summed E-state index contributed by atoms with van der Waals surface area (Å²) in [5, 5.41) is 9.64. The highest BCUT2D eigenvalue weighted by Crippen LogP contribution is 2.57. The number of nitriles is 1. The Labute approximate surface area is 515 Å². The summed E-state index contributed by atoms with van der Waals surface area (Å²) in [4.78, 5) is 0. The average Bonchev–Trinajstić information content (AvgIpc) is 4.19. The molecule has 78 heavy (non-hydrogen) atoms. The highest BCUT2D eigenvalue weighted by Gasteiger charge is 2.44. The number of hydrogen-bond acceptors (Lipinski definition) is 1. The number of nitrogens with zero attached hydrogens (tertiary/aromatic N) is 1. The molecular formula is C72H88Br5N. The fourth-order valence-electron chi connectivity index (χ4n) is 13.3. The van der Waals surface area contributed by atoms with E-state index < -0.39 is 0 Å². The van der Waals surface area contributed by atoms with Crippen LogP contribution in [0.15, 0.2) is 132 Å². The molecule has 0 saturated heterocycles. The van der Waals surface area contributed by atoms with E-state index in [1.165, 1.54) is 249 Å². The van der Waals surface area contributed by atoms with E-state index >= 15 is 0 Å². The predicted molar refractivity (Wildman–Crippen MR) is 355 cm³/mol. The van der Waals surface area contributed by atoms with Gasteiger partial charge in [-0.25, -0.2) is 0 Å². The number of hydrogen-bond donors (Lipinski definition) is 0. The van der Waals surface area contributed by atoms with E-state index in [9.17, 15) is 5.26 Å². The van der Waals surface area contributed by atoms with Gasteiger partial charge >= 0.3 is 0 Å². The molecule has 0 atom stereocenters. The van der Waals surface area contributed by atoms with E-state index in [4.69, 9.17) is 0 Å². The molecule has 0 amide bonds. The molecule has 0 saturated carbocycles. The number of benzene rings is 6. The van der Waals surface area contributed by atoms with Crippen LogP contribution in [0, 0.1) is 11.3 Å². The van der Waals surface area contributed by atoms with Crippen LogP contribution < -0.4 is 0 Å². The van der Waals surface area contributed by atoms with Crippen molar-refractivity contribution in [2.24, 2.45) is 0 Å². The zero-order chi connectivity index (χ0) is 55.3. The Morgan fingerprint density at radius 2 is 0.577 bits per heavy atom. The minimum absolute atomic E-state index is 0.0524. The van der Waals surface area contributed by atoms with Gasteiger partial charge in [-0.3, -0.25) is 0 Å². The van der Waals surface area contributed by atoms with Gasteiger partial charge in [0.05, 0.1) is 11.6 Å². The highest BCUT2D eigenvalue weighted by atomic mass is 79.9. The Hall–Kier alpha value is -2.79. The molecule has 0 N–H and O–H groups in total. The van der Waals surface area contributed by atoms with Gasteiger partial charge in [0, 0.05) is 33.2 Å². The first-order valence-corrected chi connectivity index (χ1v) is 34.5. The number of fused-ring (bicyclic) bond motifs is 9. The summed E-state index contributed by atoms with van der Waals surface area (Å²) in [6, 6.07) is 42.6. The Kier molecular flexibility index (Phi) is 25.9. The van der Waals surface area contributed by atoms with Crippen LogP contribution in [-0.4, -0.2) is 0 Å². The zero-order valence-electron chi connectivity index (χ0n) is 47.7. The zero-order valence-corrected chi connectivity index (χ0v) is 55.7. The maximum atomic E-state index is 9.64. The summed E-state index contributed by atoms with van der Waals surface area (Å²) in [5.74, 6) is 0. The molecule has 6 aromatic carbocycles. The minimum atomic E-state index is 0.0524. The van der Waals surface area contributed by atoms with Crippen molar-refractivity contribution in [3.8, 4) is 39.4 Å². The number of halogens is 5. The molecule has 1 nitrogen and oxygen atoms in total. The molecule has 0 fully saturated rings. The Morgan fingerprint density at radius 3 is 0.885 bits per heavy atom. The second-order valence-electron chi connectivity index (χ2n) is 23.0. The molecule has 0 heterocycles. The normalized spacial score (nSPS) is 13.5. The summed E-state index contributed by atoms with van der Waals surface area (Å²) in [6.07, 6.45) is 38.2. The van der Waals surface area contributed by atoms with Gasteiger partial charge < -0.3 is 0 Å². The molecule has 0 aliphatic heterocycles. The largest absolute Gasteiger partial charge is 0.192 e. The van der Waals surface area contributed by atoms with Crippen LogP contribution in [0.2, 0.25) is 0 Å². The number of unbranched alkanes of at least 4 members (excludes halogenated alkanes) is 20. The Balaban J connectivity index is 0.000000180. The fourth-order valence-corrected chi connectivity index (χ4v) is 15.2. The lowest BCUT2D eigenvalue weighted by atomic mass is 9.70. The summed E-state index contributed by atoms with van der Waals surface area (Å²) in [7, 11) is 0. The third-order valence-electron chi connectivity index (χ3n) is 17.4. The average molecular weight is 1370 g/mol. The number of rotatable bonds is 28. The Bertz CT molecular complexity index is 2750. The fraction of sp³-hybridized carbons (Fsp3) is 0.486. The van der Waals surface area contributed by atoms with Crippen molar-refractivity contribution >= 4 is 79.6 Å². The molecule has 6 heteroatoms. The molecule has 416 valence electrons. The second-order valence-corrected chi connectivity index (χ2v) is 27.5. The highest BCUT2D eigenvalue weighted by molar-refractivity contribution is 9.11. The van der Waals surface area contributed by atoms with E-state index in [0.29, 0.717) is 0 Å². The smallest absolute Gasteiger partial charge is 0.0991 e. The maximum absolute atomic E-state index is 9.64. The molecular weight excluding hydrogens is 1280 g/mol. The standard InChI is InChI=1S/C30H40BrN.C29H40Br2.C13H8Br2/c1-3-5-7-9-11-13-19-30(20-14-12-10-8-6-4-2)28-21-24(23-32)15-17-26(28)27-18-16-25(31)22-29(27)30;1-3-5-7-9-11-13-19-29(20-14-12-10-8-6-4-2)27-21-23(30)15-17-25(27)26-18-16-24(31)22-28(26)29;14-10-1-3-12-8(6-10)5-9-7-11(15)2-4-13(9)12/h15-18,21-22H,3-14,19-20H2,1-2H3;15-18,21-22H,3-14,19-20H2,1-2H3;1-4,6-7H,5H2. The van der Waals surface area contributed by atoms with E-state index in [0.717, 1.165) is 20.9 Å². The Morgan fingerprint density at radius 1 is 0.321 bits per heavy atom. The molecule has 0 unspecified atom stereocenters. The van der Waals surface area contributed by atoms with Crippen molar-refractivity contribution in [3.63, 3.8) is 0 Å². The topological polar surface area (TPSA) is 23.8 Å². The van der Waals surface area contributed by atoms with Crippen LogP contribution >= 0.6 is 79.6 Å². The van der Waals surface area contributed by atoms with E-state index in [2.05, 4.69) is 217 Å². The quantitative estimate of drug-likeness (QED) is 0.0449. The van der Waals surface area contributed by atoms with E-state index in [-0.39, 0.29) is 10.8 Å². The van der Waals surface area contributed by atoms with Gasteiger partial charge in [0.1, 0.15) is 0 Å². The minimum Gasteiger partial charge on any atom is -0.192 e. The lowest BCUT2D eigenvalue weighted by Crippen LogP contribution is -2.25. The summed E-state index contributed by atoms with van der Waals surface area (Å²) in [5.41, 5.74) is 18.3. The van der Waals surface area contributed by atoms with Gasteiger partial charge in [-0.1, -0.05) is 298 Å². The van der Waals surface area contributed by atoms with E-state index in [1.807, 2.05) is 6.07 Å². The first-order valence-electron chi connectivity index (χ1n) is 30.5. The van der Waals surface area contributed by atoms with Crippen molar-refractivity contribution in [1.29, 1.82) is 5.26 Å². The van der Waals surface area contributed by atoms with Gasteiger partial charge in [-0.2, -0.15) is 5.26 Å². The second kappa shape index (κ2) is 32.2. The summed E-state index contributed by atoms with van der Waals surface area (Å²) >= 11 is 18.4. The maximum Gasteiger partial charge on any atom is 0.0991 e. The van der Waals surface area contributed by atoms with Crippen LogP contribution in [0.1, 0.15) is 246 Å². The lowest BCUT2D eigenvalue weighted by molar-refractivity contribution is 0.397. The van der Waals surface area contributed by atoms with Crippen LogP contribution in [0.5, 0.6) is 0 Å². The monoisotopic (exact) mass is 1360 g/mol. The van der Waals surface area contributed by atoms with Gasteiger partial charge in [0.25, 0.3) is 0 Å². The van der Waals surface area contributed by atoms with Crippen molar-refractivity contribution in [2.75, 3.05) is 0 Å². The summed E-state index contributed by atoms with van der Waals surface area (Å²) < 4.78 is 5.92. The lowest BCUT2D eigenvalue weighted by Gasteiger charge is -2.33. The molecule has 0 spiro atoms. The molecule has 6 aromatic rings. The molecule has 3 aliphatic rings. The third-order valence-corrected chi connectivity index (χ3v) is 19.8. The van der Waals surface area contributed by atoms with Crippen molar-refractivity contribution in [3.05, 3.63) is 171 Å². The van der Waals surface area contributed by atoms with Crippen LogP contribution in [0.4, 0.5) is 0 Å². The van der Waals surface area contributed by atoms with Gasteiger partial charge in [0.15, 0.2) is 0 Å². The first-order chi connectivity index (χ1) is 38.0. The molecule has 9 rings (SSSR count). The molecule has 0 bridgehead atoms. The molecule has 0 radical (unpaired) electrons. The predicted octanol–water partition coefficient (Wildman–Crippen LogP) is 25.9. The SMILES string of the molecule is Brc1ccc2c(c1)Cc1cc(Br)ccc1-2.CCCCCCCCC1(CCCCCCCC)c2cc(Br)ccc2-c2ccc(Br)cc21.CCCCCCCCC1(CCCCCCCC)c2cc(Br)ccc2-c2ccc(C#N)cc21. The van der Waals surface area contributed by atoms with Crippen LogP contribution in [0.3, 0.4) is 0 Å². The summed E-state index contributed by atoms with van der Waals surface area (Å²) in [6.45, 7) is 9.17. The van der Waals surface area contributed by atoms with Crippen LogP contribution in [-0.2, 0) is 17.3 Å². The van der Waals surface area contributed by atoms with Crippen molar-refractivity contribution < 1.29 is 0 Å². The van der Waals surface area contributed by atoms with Crippen molar-refractivity contribution in [2.45, 2.75) is 225 Å². The van der Waals surface area contributed by atoms with Crippen LogP contribution in [0.25, 0.3) is 33.4 Å². The van der Waals surface area contributed by atoms with Gasteiger partial charge in [-0.15, -0.1) is 0 Å². The third kappa shape index (κ3) is 16.3. The molecule has 3 aliphatic carbocycles.